The summed E-state index contributed by atoms with van der Waals surface area (Å²) in [6.45, 7) is 1.85. The molecule has 1 unspecified atom stereocenters. The van der Waals surface area contributed by atoms with Crippen molar-refractivity contribution in [2.24, 2.45) is 0 Å². The van der Waals surface area contributed by atoms with E-state index in [9.17, 15) is 5.11 Å². The zero-order valence-corrected chi connectivity index (χ0v) is 9.29. The molecule has 1 nitrogen and oxygen atoms in total. The second kappa shape index (κ2) is 4.52. The molecule has 0 radical (unpaired) electrons. The number of halogens is 3. The summed E-state index contributed by atoms with van der Waals surface area (Å²) >= 11 is 17.5. The van der Waals surface area contributed by atoms with Gasteiger partial charge in [-0.05, 0) is 18.6 Å². The van der Waals surface area contributed by atoms with Gasteiger partial charge in [0.15, 0.2) is 0 Å². The van der Waals surface area contributed by atoms with Gasteiger partial charge in [-0.2, -0.15) is 0 Å². The number of aliphatic hydroxyl groups is 1. The van der Waals surface area contributed by atoms with E-state index in [4.69, 9.17) is 34.8 Å². The molecule has 0 aliphatic rings. The predicted octanol–water partition coefficient (Wildman–Crippen LogP) is 4.09. The lowest BCUT2D eigenvalue weighted by Crippen LogP contribution is -1.97. The molecular formula is C9H9Cl3O. The fourth-order valence-corrected chi connectivity index (χ4v) is 2.14. The molecule has 0 aromatic heterocycles. The van der Waals surface area contributed by atoms with Crippen LogP contribution in [0.15, 0.2) is 12.1 Å². The molecule has 1 aromatic rings. The van der Waals surface area contributed by atoms with E-state index < -0.39 is 6.10 Å². The summed E-state index contributed by atoms with van der Waals surface area (Å²) in [6, 6.07) is 3.15. The van der Waals surface area contributed by atoms with E-state index in [0.29, 0.717) is 27.1 Å². The summed E-state index contributed by atoms with van der Waals surface area (Å²) in [7, 11) is 0. The molecular weight excluding hydrogens is 230 g/mol. The largest absolute Gasteiger partial charge is 0.388 e. The molecule has 1 atom stereocenters. The first-order valence-corrected chi connectivity index (χ1v) is 5.02. The van der Waals surface area contributed by atoms with Crippen molar-refractivity contribution in [2.45, 2.75) is 19.4 Å². The zero-order chi connectivity index (χ0) is 10.0. The van der Waals surface area contributed by atoms with E-state index in [0.717, 1.165) is 0 Å². The maximum atomic E-state index is 9.57. The molecule has 0 heterocycles. The first kappa shape index (κ1) is 11.1. The Hall–Kier alpha value is 0.0500. The standard InChI is InChI=1S/C9H9Cl3O/c1-2-8(13)9-6(11)3-5(10)4-7(9)12/h3-4,8,13H,2H2,1H3. The zero-order valence-electron chi connectivity index (χ0n) is 7.02. The van der Waals surface area contributed by atoms with Crippen molar-refractivity contribution in [3.63, 3.8) is 0 Å². The van der Waals surface area contributed by atoms with Gasteiger partial charge in [0.1, 0.15) is 0 Å². The fourth-order valence-electron chi connectivity index (χ4n) is 1.08. The van der Waals surface area contributed by atoms with Gasteiger partial charge in [0.25, 0.3) is 0 Å². The van der Waals surface area contributed by atoms with Crippen LogP contribution in [0.3, 0.4) is 0 Å². The van der Waals surface area contributed by atoms with Gasteiger partial charge < -0.3 is 5.11 Å². The molecule has 0 amide bonds. The van der Waals surface area contributed by atoms with Crippen molar-refractivity contribution < 1.29 is 5.11 Å². The fraction of sp³-hybridized carbons (Fsp3) is 0.333. The smallest absolute Gasteiger partial charge is 0.0816 e. The Labute approximate surface area is 92.2 Å². The van der Waals surface area contributed by atoms with Crippen LogP contribution >= 0.6 is 34.8 Å². The van der Waals surface area contributed by atoms with Crippen LogP contribution in [0.2, 0.25) is 15.1 Å². The Morgan fingerprint density at radius 3 is 2.08 bits per heavy atom. The first-order valence-electron chi connectivity index (χ1n) is 3.88. The summed E-state index contributed by atoms with van der Waals surface area (Å²) in [6.07, 6.45) is -0.0570. The molecule has 4 heteroatoms. The van der Waals surface area contributed by atoms with E-state index in [1.54, 1.807) is 12.1 Å². The number of hydrogen-bond donors (Lipinski definition) is 1. The van der Waals surface area contributed by atoms with E-state index in [2.05, 4.69) is 0 Å². The van der Waals surface area contributed by atoms with Crippen LogP contribution in [0.1, 0.15) is 25.0 Å². The van der Waals surface area contributed by atoms with Crippen molar-refractivity contribution in [3.05, 3.63) is 32.8 Å². The molecule has 13 heavy (non-hydrogen) atoms. The van der Waals surface area contributed by atoms with Gasteiger partial charge in [0.05, 0.1) is 6.10 Å². The first-order chi connectivity index (χ1) is 6.06. The van der Waals surface area contributed by atoms with Gasteiger partial charge >= 0.3 is 0 Å². The Bertz CT molecular complexity index is 289. The van der Waals surface area contributed by atoms with Crippen LogP contribution in [0.4, 0.5) is 0 Å². The molecule has 72 valence electrons. The Morgan fingerprint density at radius 2 is 1.69 bits per heavy atom. The number of hydrogen-bond acceptors (Lipinski definition) is 1. The maximum Gasteiger partial charge on any atom is 0.0816 e. The van der Waals surface area contributed by atoms with Crippen LogP contribution in [-0.2, 0) is 0 Å². The van der Waals surface area contributed by atoms with E-state index in [1.165, 1.54) is 0 Å². The average Bonchev–Trinajstić information content (AvgIpc) is 2.02. The number of benzene rings is 1. The summed E-state index contributed by atoms with van der Waals surface area (Å²) in [4.78, 5) is 0. The molecule has 0 saturated heterocycles. The van der Waals surface area contributed by atoms with Gasteiger partial charge in [-0.15, -0.1) is 0 Å². The Kier molecular flexibility index (Phi) is 3.87. The minimum atomic E-state index is -0.628. The highest BCUT2D eigenvalue weighted by Gasteiger charge is 2.14. The van der Waals surface area contributed by atoms with E-state index in [-0.39, 0.29) is 0 Å². The molecule has 0 fully saturated rings. The molecule has 0 aliphatic carbocycles. The van der Waals surface area contributed by atoms with Crippen molar-refractivity contribution in [1.29, 1.82) is 0 Å². The van der Waals surface area contributed by atoms with E-state index in [1.807, 2.05) is 6.92 Å². The van der Waals surface area contributed by atoms with Crippen molar-refractivity contribution in [1.82, 2.24) is 0 Å². The molecule has 0 aliphatic heterocycles. The monoisotopic (exact) mass is 238 g/mol. The Morgan fingerprint density at radius 1 is 1.23 bits per heavy atom. The quantitative estimate of drug-likeness (QED) is 0.824. The summed E-state index contributed by atoms with van der Waals surface area (Å²) in [5.41, 5.74) is 0.551. The minimum Gasteiger partial charge on any atom is -0.388 e. The Balaban J connectivity index is 3.20. The highest BCUT2D eigenvalue weighted by atomic mass is 35.5. The third-order valence-corrected chi connectivity index (χ3v) is 2.61. The SMILES string of the molecule is CCC(O)c1c(Cl)cc(Cl)cc1Cl. The van der Waals surface area contributed by atoms with Gasteiger partial charge in [-0.1, -0.05) is 41.7 Å². The molecule has 1 aromatic carbocycles. The minimum absolute atomic E-state index is 0.409. The summed E-state index contributed by atoms with van der Waals surface area (Å²) in [5.74, 6) is 0. The van der Waals surface area contributed by atoms with Crippen LogP contribution in [0.25, 0.3) is 0 Å². The van der Waals surface area contributed by atoms with Crippen LogP contribution < -0.4 is 0 Å². The van der Waals surface area contributed by atoms with Crippen LogP contribution in [0.5, 0.6) is 0 Å². The van der Waals surface area contributed by atoms with Crippen LogP contribution in [0, 0.1) is 0 Å². The third-order valence-electron chi connectivity index (χ3n) is 1.76. The lowest BCUT2D eigenvalue weighted by Gasteiger charge is -2.12. The topological polar surface area (TPSA) is 20.2 Å². The van der Waals surface area contributed by atoms with Gasteiger partial charge in [-0.3, -0.25) is 0 Å². The highest BCUT2D eigenvalue weighted by molar-refractivity contribution is 6.39. The summed E-state index contributed by atoms with van der Waals surface area (Å²) < 4.78 is 0. The molecule has 0 bridgehead atoms. The van der Waals surface area contributed by atoms with Gasteiger partial charge in [0, 0.05) is 20.6 Å². The van der Waals surface area contributed by atoms with Crippen molar-refractivity contribution in [2.75, 3.05) is 0 Å². The maximum absolute atomic E-state index is 9.57. The van der Waals surface area contributed by atoms with Crippen molar-refractivity contribution in [3.8, 4) is 0 Å². The molecule has 1 rings (SSSR count). The summed E-state index contributed by atoms with van der Waals surface area (Å²) in [5, 5.41) is 10.9. The lowest BCUT2D eigenvalue weighted by molar-refractivity contribution is 0.174. The number of aliphatic hydroxyl groups excluding tert-OH is 1. The van der Waals surface area contributed by atoms with Crippen molar-refractivity contribution >= 4 is 34.8 Å². The van der Waals surface area contributed by atoms with E-state index >= 15 is 0 Å². The predicted molar refractivity (Wildman–Crippen MR) is 56.7 cm³/mol. The normalized spacial score (nSPS) is 13.0. The molecule has 1 N–H and O–H groups in total. The highest BCUT2D eigenvalue weighted by Crippen LogP contribution is 2.34. The van der Waals surface area contributed by atoms with Crippen LogP contribution in [-0.4, -0.2) is 5.11 Å². The number of rotatable bonds is 2. The third kappa shape index (κ3) is 2.50. The van der Waals surface area contributed by atoms with Gasteiger partial charge in [0.2, 0.25) is 0 Å². The molecule has 0 saturated carbocycles. The average molecular weight is 240 g/mol. The second-order valence-corrected chi connectivity index (χ2v) is 3.96. The lowest BCUT2D eigenvalue weighted by atomic mass is 10.1. The molecule has 0 spiro atoms. The van der Waals surface area contributed by atoms with Gasteiger partial charge in [-0.25, -0.2) is 0 Å². The second-order valence-electron chi connectivity index (χ2n) is 2.71.